The Labute approximate surface area is 192 Å². The Morgan fingerprint density at radius 3 is 2.21 bits per heavy atom. The number of nitrogens with zero attached hydrogens (tertiary/aromatic N) is 3. The fraction of sp³-hybridized carbons (Fsp3) is 0.400. The quantitative estimate of drug-likeness (QED) is 0.708. The third-order valence-corrected chi connectivity index (χ3v) is 6.47. The van der Waals surface area contributed by atoms with E-state index in [-0.39, 0.29) is 36.7 Å². The minimum absolute atomic E-state index is 0.00260. The first-order chi connectivity index (χ1) is 16.1. The molecule has 0 unspecified atom stereocenters. The first-order valence-electron chi connectivity index (χ1n) is 11.4. The molecule has 0 N–H and O–H groups in total. The van der Waals surface area contributed by atoms with Gasteiger partial charge in [-0.15, -0.1) is 0 Å². The van der Waals surface area contributed by atoms with Crippen molar-refractivity contribution in [1.82, 2.24) is 14.7 Å². The second kappa shape index (κ2) is 9.13. The van der Waals surface area contributed by atoms with E-state index in [2.05, 4.69) is 0 Å². The van der Waals surface area contributed by atoms with E-state index in [0.29, 0.717) is 50.8 Å². The Kier molecular flexibility index (Phi) is 5.90. The van der Waals surface area contributed by atoms with E-state index in [1.54, 1.807) is 20.8 Å². The molecule has 2 saturated heterocycles. The molecule has 172 valence electrons. The summed E-state index contributed by atoms with van der Waals surface area (Å²) in [7, 11) is 0. The Balaban J connectivity index is 1.12. The number of amides is 3. The molecule has 8 heteroatoms. The molecule has 2 aromatic carbocycles. The van der Waals surface area contributed by atoms with Crippen LogP contribution in [0.1, 0.15) is 12.0 Å². The van der Waals surface area contributed by atoms with Crippen LogP contribution < -0.4 is 9.47 Å². The van der Waals surface area contributed by atoms with Crippen molar-refractivity contribution in [3.05, 3.63) is 60.2 Å². The number of ether oxygens (including phenoxy) is 2. The van der Waals surface area contributed by atoms with Crippen LogP contribution in [0.5, 0.6) is 11.5 Å². The Morgan fingerprint density at radius 1 is 0.848 bits per heavy atom. The number of piperazine rings is 1. The van der Waals surface area contributed by atoms with Crippen molar-refractivity contribution >= 4 is 17.7 Å². The predicted octanol–water partition coefficient (Wildman–Crippen LogP) is 1.55. The number of hydrogen-bond donors (Lipinski definition) is 0. The summed E-state index contributed by atoms with van der Waals surface area (Å²) in [5, 5.41) is 0. The van der Waals surface area contributed by atoms with Gasteiger partial charge in [-0.25, -0.2) is 0 Å². The van der Waals surface area contributed by atoms with Gasteiger partial charge in [0.1, 0.15) is 6.61 Å². The lowest BCUT2D eigenvalue weighted by Gasteiger charge is -2.37. The highest BCUT2D eigenvalue weighted by molar-refractivity contribution is 5.89. The number of hydrogen-bond acceptors (Lipinski definition) is 5. The topological polar surface area (TPSA) is 79.4 Å². The van der Waals surface area contributed by atoms with Crippen LogP contribution in [0.15, 0.2) is 54.6 Å². The second-order valence-corrected chi connectivity index (χ2v) is 8.68. The van der Waals surface area contributed by atoms with E-state index in [4.69, 9.17) is 9.47 Å². The molecule has 3 aliphatic rings. The number of carbonyl (C=O) groups is 3. The Bertz CT molecular complexity index is 1040. The van der Waals surface area contributed by atoms with Gasteiger partial charge >= 0.3 is 0 Å². The lowest BCUT2D eigenvalue weighted by atomic mass is 10.1. The molecular formula is C25H27N3O5. The number of likely N-dealkylation sites (tertiary alicyclic amines) is 1. The van der Waals surface area contributed by atoms with Crippen LogP contribution in [0.2, 0.25) is 0 Å². The van der Waals surface area contributed by atoms with E-state index >= 15 is 0 Å². The molecule has 8 nitrogen and oxygen atoms in total. The Morgan fingerprint density at radius 2 is 1.48 bits per heavy atom. The van der Waals surface area contributed by atoms with Crippen molar-refractivity contribution in [2.24, 2.45) is 5.92 Å². The average molecular weight is 450 g/mol. The van der Waals surface area contributed by atoms with Crippen molar-refractivity contribution in [3.63, 3.8) is 0 Å². The minimum Gasteiger partial charge on any atom is -0.485 e. The number of carbonyl (C=O) groups excluding carboxylic acids is 3. The summed E-state index contributed by atoms with van der Waals surface area (Å²) in [6, 6.07) is 17.1. The van der Waals surface area contributed by atoms with Crippen molar-refractivity contribution in [3.8, 4) is 11.5 Å². The molecule has 0 radical (unpaired) electrons. The molecule has 0 aliphatic carbocycles. The third kappa shape index (κ3) is 4.51. The zero-order valence-corrected chi connectivity index (χ0v) is 18.4. The van der Waals surface area contributed by atoms with Crippen LogP contribution in [0.3, 0.4) is 0 Å². The van der Waals surface area contributed by atoms with Gasteiger partial charge in [-0.05, 0) is 17.7 Å². The predicted molar refractivity (Wildman–Crippen MR) is 119 cm³/mol. The molecule has 0 saturated carbocycles. The number of fused-ring (bicyclic) bond motifs is 1. The fourth-order valence-electron chi connectivity index (χ4n) is 4.64. The summed E-state index contributed by atoms with van der Waals surface area (Å²) in [6.45, 7) is 2.95. The molecule has 0 spiro atoms. The Hall–Kier alpha value is -3.55. The molecule has 33 heavy (non-hydrogen) atoms. The maximum absolute atomic E-state index is 13.1. The molecule has 3 amide bonds. The van der Waals surface area contributed by atoms with Crippen molar-refractivity contribution < 1.29 is 23.9 Å². The van der Waals surface area contributed by atoms with Crippen LogP contribution in [-0.2, 0) is 20.9 Å². The van der Waals surface area contributed by atoms with Gasteiger partial charge in [0.05, 0.1) is 5.92 Å². The summed E-state index contributed by atoms with van der Waals surface area (Å²) in [5.41, 5.74) is 1.06. The highest BCUT2D eigenvalue weighted by atomic mass is 16.6. The summed E-state index contributed by atoms with van der Waals surface area (Å²) in [6.07, 6.45) is -0.432. The molecular weight excluding hydrogens is 422 g/mol. The maximum atomic E-state index is 13.1. The van der Waals surface area contributed by atoms with E-state index in [9.17, 15) is 14.4 Å². The highest BCUT2D eigenvalue weighted by Crippen LogP contribution is 2.31. The molecule has 0 bridgehead atoms. The van der Waals surface area contributed by atoms with Gasteiger partial charge in [-0.1, -0.05) is 42.5 Å². The minimum atomic E-state index is -0.679. The summed E-state index contributed by atoms with van der Waals surface area (Å²) >= 11 is 0. The number of benzene rings is 2. The molecule has 2 fully saturated rings. The van der Waals surface area contributed by atoms with Gasteiger partial charge < -0.3 is 24.2 Å². The van der Waals surface area contributed by atoms with E-state index in [1.807, 2.05) is 48.5 Å². The first-order valence-corrected chi connectivity index (χ1v) is 11.4. The van der Waals surface area contributed by atoms with Crippen LogP contribution in [0.25, 0.3) is 0 Å². The van der Waals surface area contributed by atoms with Gasteiger partial charge in [0.2, 0.25) is 17.9 Å². The van der Waals surface area contributed by atoms with Crippen LogP contribution in [-0.4, -0.2) is 77.9 Å². The monoisotopic (exact) mass is 449 g/mol. The van der Waals surface area contributed by atoms with Gasteiger partial charge in [0, 0.05) is 45.7 Å². The number of para-hydroxylation sites is 2. The third-order valence-electron chi connectivity index (χ3n) is 6.47. The molecule has 5 rings (SSSR count). The molecule has 0 aromatic heterocycles. The number of rotatable bonds is 4. The van der Waals surface area contributed by atoms with E-state index in [1.165, 1.54) is 0 Å². The van der Waals surface area contributed by atoms with Crippen LogP contribution in [0, 0.1) is 5.92 Å². The van der Waals surface area contributed by atoms with Crippen molar-refractivity contribution in [2.75, 3.05) is 39.3 Å². The lowest BCUT2D eigenvalue weighted by molar-refractivity contribution is -0.147. The van der Waals surface area contributed by atoms with Crippen molar-refractivity contribution in [1.29, 1.82) is 0 Å². The molecule has 3 aliphatic heterocycles. The zero-order chi connectivity index (χ0) is 22.8. The second-order valence-electron chi connectivity index (χ2n) is 8.68. The maximum Gasteiger partial charge on any atom is 0.267 e. The molecule has 2 aromatic rings. The first kappa shape index (κ1) is 21.3. The summed E-state index contributed by atoms with van der Waals surface area (Å²) < 4.78 is 11.5. The van der Waals surface area contributed by atoms with Gasteiger partial charge in [0.15, 0.2) is 11.5 Å². The zero-order valence-electron chi connectivity index (χ0n) is 18.4. The smallest absolute Gasteiger partial charge is 0.267 e. The molecule has 2 atom stereocenters. The van der Waals surface area contributed by atoms with E-state index < -0.39 is 6.10 Å². The largest absolute Gasteiger partial charge is 0.485 e. The van der Waals surface area contributed by atoms with Crippen molar-refractivity contribution in [2.45, 2.75) is 19.1 Å². The molecule has 3 heterocycles. The van der Waals surface area contributed by atoms with Gasteiger partial charge in [-0.3, -0.25) is 14.4 Å². The summed E-state index contributed by atoms with van der Waals surface area (Å²) in [4.78, 5) is 43.7. The van der Waals surface area contributed by atoms with Gasteiger partial charge in [-0.2, -0.15) is 0 Å². The van der Waals surface area contributed by atoms with Gasteiger partial charge in [0.25, 0.3) is 5.91 Å². The fourth-order valence-corrected chi connectivity index (χ4v) is 4.64. The standard InChI is InChI=1S/C25H27N3O5/c29-23-14-19(16-28(23)15-18-6-2-1-3-7-18)24(30)26-10-12-27(13-11-26)25(31)22-17-32-20-8-4-5-9-21(20)33-22/h1-9,19,22H,10-17H2/t19-,22+/m0/s1. The SMILES string of the molecule is O=C1C[C@H](C(=O)N2CCN(C(=O)[C@H]3COc4ccccc4O3)CC2)CN1Cc1ccccc1. The average Bonchev–Trinajstić information content (AvgIpc) is 3.23. The van der Waals surface area contributed by atoms with Crippen LogP contribution in [0.4, 0.5) is 0 Å². The van der Waals surface area contributed by atoms with Crippen LogP contribution >= 0.6 is 0 Å². The van der Waals surface area contributed by atoms with E-state index in [0.717, 1.165) is 5.56 Å². The highest BCUT2D eigenvalue weighted by Gasteiger charge is 2.38. The normalized spacial score (nSPS) is 22.4. The summed E-state index contributed by atoms with van der Waals surface area (Å²) in [5.74, 6) is 0.779. The lowest BCUT2D eigenvalue weighted by Crippen LogP contribution is -2.56.